The molecule has 0 saturated heterocycles. The summed E-state index contributed by atoms with van der Waals surface area (Å²) < 4.78 is 0. The molecule has 0 unspecified atom stereocenters. The minimum Gasteiger partial charge on any atom is -0.478 e. The Bertz CT molecular complexity index is 956. The van der Waals surface area contributed by atoms with E-state index in [-0.39, 0.29) is 33.6 Å². The van der Waals surface area contributed by atoms with Gasteiger partial charge in [-0.1, -0.05) is 42.5 Å². The molecule has 1 aliphatic carbocycles. The van der Waals surface area contributed by atoms with Crippen molar-refractivity contribution >= 4 is 29.0 Å². The number of hydrogen-bond donors (Lipinski definition) is 2. The Morgan fingerprint density at radius 3 is 2.04 bits per heavy atom. The number of carboxylic acid groups (broad SMARTS) is 1. The van der Waals surface area contributed by atoms with E-state index < -0.39 is 23.2 Å². The van der Waals surface area contributed by atoms with Crippen LogP contribution in [0.4, 0.5) is 0 Å². The predicted molar refractivity (Wildman–Crippen MR) is 84.6 cm³/mol. The van der Waals surface area contributed by atoms with Crippen molar-refractivity contribution in [3.8, 4) is 0 Å². The van der Waals surface area contributed by atoms with E-state index in [1.807, 2.05) is 0 Å². The lowest BCUT2D eigenvalue weighted by molar-refractivity contribution is -0.130. The molecular formula is C18H11NO5. The Balaban J connectivity index is 2.32. The monoisotopic (exact) mass is 321 g/mol. The Morgan fingerprint density at radius 2 is 1.46 bits per heavy atom. The number of carbonyl (C=O) groups excluding carboxylic acids is 3. The molecule has 3 N–H and O–H groups in total. The first kappa shape index (κ1) is 15.4. The highest BCUT2D eigenvalue weighted by molar-refractivity contribution is 6.32. The molecule has 2 aromatic rings. The van der Waals surface area contributed by atoms with E-state index in [1.165, 1.54) is 24.3 Å². The van der Waals surface area contributed by atoms with Gasteiger partial charge in [-0.05, 0) is 0 Å². The van der Waals surface area contributed by atoms with E-state index in [2.05, 4.69) is 0 Å². The lowest BCUT2D eigenvalue weighted by Crippen LogP contribution is -2.23. The molecule has 0 saturated carbocycles. The smallest absolute Gasteiger partial charge is 0.336 e. The van der Waals surface area contributed by atoms with Crippen molar-refractivity contribution in [2.75, 3.05) is 0 Å². The third-order valence-electron chi connectivity index (χ3n) is 3.76. The van der Waals surface area contributed by atoms with E-state index in [0.29, 0.717) is 0 Å². The van der Waals surface area contributed by atoms with Crippen molar-refractivity contribution in [1.29, 1.82) is 0 Å². The highest BCUT2D eigenvalue weighted by Crippen LogP contribution is 2.32. The van der Waals surface area contributed by atoms with Crippen LogP contribution in [0.2, 0.25) is 0 Å². The molecule has 2 aromatic carbocycles. The molecule has 0 aromatic heterocycles. The van der Waals surface area contributed by atoms with Crippen molar-refractivity contribution in [2.24, 2.45) is 5.73 Å². The predicted octanol–water partition coefficient (Wildman–Crippen LogP) is 1.42. The van der Waals surface area contributed by atoms with E-state index in [9.17, 15) is 24.3 Å². The number of rotatable bonds is 3. The molecule has 1 aliphatic rings. The largest absolute Gasteiger partial charge is 0.478 e. The van der Waals surface area contributed by atoms with Gasteiger partial charge in [0.1, 0.15) is 0 Å². The van der Waals surface area contributed by atoms with Crippen molar-refractivity contribution < 1.29 is 24.3 Å². The molecule has 0 bridgehead atoms. The van der Waals surface area contributed by atoms with Gasteiger partial charge in [-0.2, -0.15) is 0 Å². The summed E-state index contributed by atoms with van der Waals surface area (Å²) in [5, 5.41) is 9.35. The number of hydrogen-bond acceptors (Lipinski definition) is 4. The lowest BCUT2D eigenvalue weighted by atomic mass is 9.80. The van der Waals surface area contributed by atoms with Gasteiger partial charge in [0.25, 0.3) is 0 Å². The van der Waals surface area contributed by atoms with Gasteiger partial charge < -0.3 is 10.8 Å². The van der Waals surface area contributed by atoms with Gasteiger partial charge in [-0.25, -0.2) is 4.79 Å². The average Bonchev–Trinajstić information content (AvgIpc) is 2.56. The summed E-state index contributed by atoms with van der Waals surface area (Å²) in [5.74, 6) is -3.21. The maximum atomic E-state index is 12.8. The summed E-state index contributed by atoms with van der Waals surface area (Å²) in [7, 11) is 0. The summed E-state index contributed by atoms with van der Waals surface area (Å²) in [4.78, 5) is 48.0. The van der Waals surface area contributed by atoms with E-state index in [1.54, 1.807) is 18.2 Å². The molecular weight excluding hydrogens is 310 g/mol. The molecule has 0 atom stereocenters. The number of benzene rings is 2. The Morgan fingerprint density at radius 1 is 0.875 bits per heavy atom. The van der Waals surface area contributed by atoms with Gasteiger partial charge in [0, 0.05) is 33.9 Å². The first-order valence-corrected chi connectivity index (χ1v) is 6.98. The Hall–Kier alpha value is -3.54. The topological polar surface area (TPSA) is 115 Å². The van der Waals surface area contributed by atoms with Crippen LogP contribution in [0.5, 0.6) is 0 Å². The van der Waals surface area contributed by atoms with Crippen molar-refractivity contribution in [3.05, 3.63) is 76.4 Å². The third-order valence-corrected chi connectivity index (χ3v) is 3.76. The van der Waals surface area contributed by atoms with Gasteiger partial charge in [-0.15, -0.1) is 0 Å². The molecule has 0 heterocycles. The average molecular weight is 321 g/mol. The first-order chi connectivity index (χ1) is 11.4. The van der Waals surface area contributed by atoms with E-state index in [4.69, 9.17) is 5.73 Å². The molecule has 118 valence electrons. The second kappa shape index (κ2) is 5.58. The number of amides is 1. The fourth-order valence-corrected chi connectivity index (χ4v) is 2.77. The van der Waals surface area contributed by atoms with Crippen molar-refractivity contribution in [2.45, 2.75) is 0 Å². The minimum absolute atomic E-state index is 0.00773. The van der Waals surface area contributed by atoms with Crippen LogP contribution in [0.25, 0.3) is 5.57 Å². The normalized spacial score (nSPS) is 13.2. The maximum Gasteiger partial charge on any atom is 0.336 e. The summed E-state index contributed by atoms with van der Waals surface area (Å²) in [5.41, 5.74) is 5.15. The quantitative estimate of drug-likeness (QED) is 0.708. The first-order valence-electron chi connectivity index (χ1n) is 6.98. The summed E-state index contributed by atoms with van der Waals surface area (Å²) in [6, 6.07) is 10.6. The zero-order chi connectivity index (χ0) is 17.4. The van der Waals surface area contributed by atoms with Gasteiger partial charge in [0.2, 0.25) is 5.91 Å². The molecule has 1 amide bonds. The Kier molecular flexibility index (Phi) is 3.57. The number of carbonyl (C=O) groups is 4. The lowest BCUT2D eigenvalue weighted by Gasteiger charge is -2.20. The van der Waals surface area contributed by atoms with Crippen LogP contribution in [0.1, 0.15) is 37.4 Å². The molecule has 0 fully saturated rings. The van der Waals surface area contributed by atoms with Gasteiger partial charge >= 0.3 is 5.97 Å². The van der Waals surface area contributed by atoms with E-state index in [0.717, 1.165) is 6.08 Å². The van der Waals surface area contributed by atoms with Gasteiger partial charge in [0.15, 0.2) is 11.6 Å². The van der Waals surface area contributed by atoms with Crippen LogP contribution in [-0.4, -0.2) is 28.5 Å². The number of nitrogens with two attached hydrogens (primary N) is 1. The molecule has 24 heavy (non-hydrogen) atoms. The number of aliphatic carboxylic acids is 1. The third kappa shape index (κ3) is 2.30. The van der Waals surface area contributed by atoms with Crippen LogP contribution in [0.3, 0.4) is 0 Å². The minimum atomic E-state index is -1.42. The van der Waals surface area contributed by atoms with E-state index >= 15 is 0 Å². The summed E-state index contributed by atoms with van der Waals surface area (Å²) >= 11 is 0. The molecule has 3 rings (SSSR count). The van der Waals surface area contributed by atoms with Crippen LogP contribution >= 0.6 is 0 Å². The Labute approximate surface area is 136 Å². The van der Waals surface area contributed by atoms with Crippen molar-refractivity contribution in [1.82, 2.24) is 0 Å². The molecule has 0 radical (unpaired) electrons. The summed E-state index contributed by atoms with van der Waals surface area (Å²) in [6.07, 6.45) is 0.732. The summed E-state index contributed by atoms with van der Waals surface area (Å²) in [6.45, 7) is 0. The maximum absolute atomic E-state index is 12.8. The fourth-order valence-electron chi connectivity index (χ4n) is 2.77. The fraction of sp³-hybridized carbons (Fsp3) is 0. The highest BCUT2D eigenvalue weighted by Gasteiger charge is 2.32. The second-order valence-electron chi connectivity index (χ2n) is 5.20. The zero-order valence-electron chi connectivity index (χ0n) is 12.3. The number of ketones is 2. The van der Waals surface area contributed by atoms with Crippen LogP contribution in [0, 0.1) is 0 Å². The van der Waals surface area contributed by atoms with Crippen LogP contribution in [0.15, 0.2) is 48.5 Å². The molecule has 6 heteroatoms. The SMILES string of the molecule is NC(=O)/C=C(/C(=O)O)c1cccc2c1C(=O)c1ccccc1C2=O. The van der Waals surface area contributed by atoms with Crippen molar-refractivity contribution in [3.63, 3.8) is 0 Å². The molecule has 0 spiro atoms. The zero-order valence-corrected chi connectivity index (χ0v) is 12.3. The van der Waals surface area contributed by atoms with Crippen LogP contribution < -0.4 is 5.73 Å². The number of primary amides is 1. The molecule has 0 aliphatic heterocycles. The van der Waals surface area contributed by atoms with Gasteiger partial charge in [0.05, 0.1) is 5.57 Å². The van der Waals surface area contributed by atoms with Crippen LogP contribution in [-0.2, 0) is 9.59 Å². The highest BCUT2D eigenvalue weighted by atomic mass is 16.4. The molecule has 6 nitrogen and oxygen atoms in total. The standard InChI is InChI=1S/C18H11NO5/c19-14(20)8-13(18(23)24)9-6-3-7-12-15(9)17(22)11-5-2-1-4-10(11)16(12)21/h1-8H,(H2,19,20)(H,23,24)/b13-8+. The number of fused-ring (bicyclic) bond motifs is 2. The number of carboxylic acids is 1. The second-order valence-corrected chi connectivity index (χ2v) is 5.20. The van der Waals surface area contributed by atoms with Gasteiger partial charge in [-0.3, -0.25) is 14.4 Å².